The summed E-state index contributed by atoms with van der Waals surface area (Å²) in [4.78, 5) is 23.6. The Morgan fingerprint density at radius 3 is 2.58 bits per heavy atom. The molecule has 122 valence electrons. The third-order valence-electron chi connectivity index (χ3n) is 3.55. The van der Waals surface area contributed by atoms with Gasteiger partial charge in [0.2, 0.25) is 5.43 Å². The number of nitrogens with two attached hydrogens (primary N) is 1. The molecule has 1 heterocycles. The van der Waals surface area contributed by atoms with Crippen LogP contribution in [0.2, 0.25) is 5.02 Å². The topological polar surface area (TPSA) is 82.5 Å². The van der Waals surface area contributed by atoms with Crippen LogP contribution in [0.1, 0.15) is 5.76 Å². The number of halogens is 1. The van der Waals surface area contributed by atoms with Gasteiger partial charge >= 0.3 is 0 Å². The van der Waals surface area contributed by atoms with E-state index in [1.165, 1.54) is 0 Å². The Balaban J connectivity index is 2.10. The average molecular weight is 344 g/mol. The van der Waals surface area contributed by atoms with E-state index in [1.807, 2.05) is 0 Å². The summed E-state index contributed by atoms with van der Waals surface area (Å²) >= 11 is 5.89. The van der Waals surface area contributed by atoms with Gasteiger partial charge in [-0.15, -0.1) is 0 Å². The van der Waals surface area contributed by atoms with Gasteiger partial charge in [0, 0.05) is 11.1 Å². The lowest BCUT2D eigenvalue weighted by atomic mass is 10.0. The smallest absolute Gasteiger partial charge is 0.255 e. The van der Waals surface area contributed by atoms with Crippen LogP contribution in [-0.2, 0) is 4.79 Å². The van der Waals surface area contributed by atoms with Crippen LogP contribution in [0.15, 0.2) is 51.7 Å². The number of benzene rings is 2. The van der Waals surface area contributed by atoms with Gasteiger partial charge in [-0.3, -0.25) is 9.59 Å². The van der Waals surface area contributed by atoms with Gasteiger partial charge in [0.15, 0.2) is 6.61 Å². The van der Waals surface area contributed by atoms with Crippen molar-refractivity contribution in [1.29, 1.82) is 0 Å². The summed E-state index contributed by atoms with van der Waals surface area (Å²) in [7, 11) is 0. The third kappa shape index (κ3) is 3.12. The highest BCUT2D eigenvalue weighted by Gasteiger charge is 2.14. The summed E-state index contributed by atoms with van der Waals surface area (Å²) in [5, 5.41) is 1.02. The van der Waals surface area contributed by atoms with Crippen molar-refractivity contribution in [3.8, 4) is 16.9 Å². The molecule has 0 spiro atoms. The van der Waals surface area contributed by atoms with Crippen LogP contribution in [0, 0.1) is 6.92 Å². The molecule has 24 heavy (non-hydrogen) atoms. The molecule has 3 aromatic rings. The molecule has 6 heteroatoms. The Morgan fingerprint density at radius 2 is 1.92 bits per heavy atom. The van der Waals surface area contributed by atoms with Crippen molar-refractivity contribution in [1.82, 2.24) is 0 Å². The summed E-state index contributed by atoms with van der Waals surface area (Å²) in [6, 6.07) is 11.8. The maximum absolute atomic E-state index is 12.8. The molecule has 1 aromatic heterocycles. The fourth-order valence-corrected chi connectivity index (χ4v) is 2.61. The number of carbonyl (C=O) groups is 1. The second kappa shape index (κ2) is 6.37. The molecule has 0 unspecified atom stereocenters. The van der Waals surface area contributed by atoms with E-state index >= 15 is 0 Å². The largest absolute Gasteiger partial charge is 0.484 e. The zero-order chi connectivity index (χ0) is 17.3. The van der Waals surface area contributed by atoms with Gasteiger partial charge in [-0.2, -0.15) is 0 Å². The molecule has 0 fully saturated rings. The first-order chi connectivity index (χ1) is 11.5. The Hall–Kier alpha value is -2.79. The van der Waals surface area contributed by atoms with Crippen molar-refractivity contribution < 1.29 is 13.9 Å². The minimum Gasteiger partial charge on any atom is -0.484 e. The first kappa shape index (κ1) is 16.1. The number of primary amides is 1. The van der Waals surface area contributed by atoms with Crippen LogP contribution in [0.4, 0.5) is 0 Å². The van der Waals surface area contributed by atoms with E-state index in [1.54, 1.807) is 49.4 Å². The van der Waals surface area contributed by atoms with E-state index in [0.29, 0.717) is 33.1 Å². The van der Waals surface area contributed by atoms with Crippen molar-refractivity contribution in [2.75, 3.05) is 6.61 Å². The van der Waals surface area contributed by atoms with E-state index in [9.17, 15) is 9.59 Å². The predicted octanol–water partition coefficient (Wildman–Crippen LogP) is 3.29. The minimum atomic E-state index is -0.578. The molecule has 0 aliphatic heterocycles. The molecular formula is C18H14ClNO4. The highest BCUT2D eigenvalue weighted by molar-refractivity contribution is 6.30. The first-order valence-corrected chi connectivity index (χ1v) is 7.58. The van der Waals surface area contributed by atoms with Crippen molar-refractivity contribution in [3.05, 3.63) is 63.5 Å². The molecule has 0 aliphatic carbocycles. The minimum absolute atomic E-state index is 0.141. The number of hydrogen-bond donors (Lipinski definition) is 1. The Kier molecular flexibility index (Phi) is 4.27. The number of fused-ring (bicyclic) bond motifs is 1. The number of rotatable bonds is 4. The zero-order valence-electron chi connectivity index (χ0n) is 12.8. The van der Waals surface area contributed by atoms with Crippen LogP contribution in [0.5, 0.6) is 5.75 Å². The van der Waals surface area contributed by atoms with Crippen molar-refractivity contribution in [3.63, 3.8) is 0 Å². The molecule has 3 rings (SSSR count). The molecule has 2 N–H and O–H groups in total. The molecule has 0 saturated carbocycles. The van der Waals surface area contributed by atoms with Gasteiger partial charge in [-0.25, -0.2) is 0 Å². The summed E-state index contributed by atoms with van der Waals surface area (Å²) < 4.78 is 11.0. The maximum atomic E-state index is 12.8. The standard InChI is InChI=1S/C18H14ClNO4/c1-10-17(11-2-4-12(19)5-3-11)18(22)14-7-6-13(8-15(14)24-10)23-9-16(20)21/h2-8H,9H2,1H3,(H2,20,21). The maximum Gasteiger partial charge on any atom is 0.255 e. The van der Waals surface area contributed by atoms with Gasteiger partial charge in [-0.05, 0) is 36.8 Å². The molecule has 1 amide bonds. The molecule has 2 aromatic carbocycles. The molecule has 0 saturated heterocycles. The molecular weight excluding hydrogens is 330 g/mol. The van der Waals surface area contributed by atoms with E-state index < -0.39 is 5.91 Å². The summed E-state index contributed by atoms with van der Waals surface area (Å²) in [5.74, 6) is 0.316. The normalized spacial score (nSPS) is 10.8. The molecule has 5 nitrogen and oxygen atoms in total. The third-order valence-corrected chi connectivity index (χ3v) is 3.81. The van der Waals surface area contributed by atoms with Gasteiger partial charge in [0.05, 0.1) is 10.9 Å². The Morgan fingerprint density at radius 1 is 1.21 bits per heavy atom. The van der Waals surface area contributed by atoms with Crippen molar-refractivity contribution >= 4 is 28.5 Å². The van der Waals surface area contributed by atoms with Crippen LogP contribution >= 0.6 is 11.6 Å². The highest BCUT2D eigenvalue weighted by atomic mass is 35.5. The van der Waals surface area contributed by atoms with Crippen molar-refractivity contribution in [2.24, 2.45) is 5.73 Å². The second-order valence-corrected chi connectivity index (χ2v) is 5.72. The van der Waals surface area contributed by atoms with Gasteiger partial charge < -0.3 is 14.9 Å². The van der Waals surface area contributed by atoms with Crippen LogP contribution in [0.25, 0.3) is 22.1 Å². The van der Waals surface area contributed by atoms with E-state index in [2.05, 4.69) is 0 Å². The highest BCUT2D eigenvalue weighted by Crippen LogP contribution is 2.27. The number of hydrogen-bond acceptors (Lipinski definition) is 4. The number of ether oxygens (including phenoxy) is 1. The van der Waals surface area contributed by atoms with Crippen LogP contribution in [0.3, 0.4) is 0 Å². The number of amides is 1. The SMILES string of the molecule is Cc1oc2cc(OCC(N)=O)ccc2c(=O)c1-c1ccc(Cl)cc1. The Bertz CT molecular complexity index is 977. The first-order valence-electron chi connectivity index (χ1n) is 7.20. The average Bonchev–Trinajstić information content (AvgIpc) is 2.54. The quantitative estimate of drug-likeness (QED) is 0.788. The molecule has 0 atom stereocenters. The zero-order valence-corrected chi connectivity index (χ0v) is 13.6. The van der Waals surface area contributed by atoms with E-state index in [0.717, 1.165) is 5.56 Å². The summed E-state index contributed by atoms with van der Waals surface area (Å²) in [5.41, 5.74) is 6.52. The number of carbonyl (C=O) groups excluding carboxylic acids is 1. The van der Waals surface area contributed by atoms with E-state index in [-0.39, 0.29) is 12.0 Å². The summed E-state index contributed by atoms with van der Waals surface area (Å²) in [6.45, 7) is 1.49. The van der Waals surface area contributed by atoms with Crippen molar-refractivity contribution in [2.45, 2.75) is 6.92 Å². The fraction of sp³-hybridized carbons (Fsp3) is 0.111. The fourth-order valence-electron chi connectivity index (χ4n) is 2.48. The van der Waals surface area contributed by atoms with Gasteiger partial charge in [0.1, 0.15) is 17.1 Å². The molecule has 0 aliphatic rings. The monoisotopic (exact) mass is 343 g/mol. The second-order valence-electron chi connectivity index (χ2n) is 5.28. The Labute approximate surface area is 142 Å². The number of aryl methyl sites for hydroxylation is 1. The molecule has 0 radical (unpaired) electrons. The predicted molar refractivity (Wildman–Crippen MR) is 92.4 cm³/mol. The van der Waals surface area contributed by atoms with Crippen LogP contribution in [-0.4, -0.2) is 12.5 Å². The van der Waals surface area contributed by atoms with Gasteiger partial charge in [-0.1, -0.05) is 23.7 Å². The van der Waals surface area contributed by atoms with Gasteiger partial charge in [0.25, 0.3) is 5.91 Å². The lowest BCUT2D eigenvalue weighted by molar-refractivity contribution is -0.119. The lowest BCUT2D eigenvalue weighted by Gasteiger charge is -2.09. The lowest BCUT2D eigenvalue weighted by Crippen LogP contribution is -2.20. The molecule has 0 bridgehead atoms. The van der Waals surface area contributed by atoms with E-state index in [4.69, 9.17) is 26.5 Å². The van der Waals surface area contributed by atoms with Crippen LogP contribution < -0.4 is 15.9 Å². The summed E-state index contributed by atoms with van der Waals surface area (Å²) in [6.07, 6.45) is 0.